The van der Waals surface area contributed by atoms with Crippen molar-refractivity contribution in [2.24, 2.45) is 0 Å². The Morgan fingerprint density at radius 2 is 1.13 bits per heavy atom. The smallest absolute Gasteiger partial charge is 0.316 e. The second kappa shape index (κ2) is 11.3. The topological polar surface area (TPSA) is 27.7 Å². The Balaban J connectivity index is 1.54. The highest BCUT2D eigenvalue weighted by molar-refractivity contribution is 7.41. The molecule has 0 amide bonds. The lowest BCUT2D eigenvalue weighted by Gasteiger charge is -2.14. The third-order valence-corrected chi connectivity index (χ3v) is 4.53. The maximum Gasteiger partial charge on any atom is 0.332 e. The molecule has 2 aromatic carbocycles. The Kier molecular flexibility index (Phi) is 8.90. The Morgan fingerprint density at radius 1 is 0.696 bits per heavy atom. The van der Waals surface area contributed by atoms with Crippen LogP contribution in [0.15, 0.2) is 60.7 Å². The van der Waals surface area contributed by atoms with Crippen molar-refractivity contribution in [3.63, 3.8) is 0 Å². The van der Waals surface area contributed by atoms with Gasteiger partial charge in [-0.05, 0) is 36.8 Å². The summed E-state index contributed by atoms with van der Waals surface area (Å²) in [5.74, 6) is 0. The number of hydrogen-bond donors (Lipinski definition) is 0. The Hall–Kier alpha value is -1.25. The highest BCUT2D eigenvalue weighted by Crippen LogP contribution is 2.38. The second-order valence-corrected chi connectivity index (χ2v) is 6.58. The average Bonchev–Trinajstić information content (AvgIpc) is 2.62. The van der Waals surface area contributed by atoms with Crippen LogP contribution in [0.25, 0.3) is 0 Å². The lowest BCUT2D eigenvalue weighted by Crippen LogP contribution is -1.99. The molecule has 4 heteroatoms. The van der Waals surface area contributed by atoms with E-state index < -0.39 is 8.60 Å². The zero-order valence-corrected chi connectivity index (χ0v) is 14.6. The van der Waals surface area contributed by atoms with E-state index in [1.165, 1.54) is 11.1 Å². The normalized spacial score (nSPS) is 11.0. The van der Waals surface area contributed by atoms with Crippen LogP contribution in [0, 0.1) is 0 Å². The van der Waals surface area contributed by atoms with Crippen LogP contribution < -0.4 is 0 Å². The molecule has 0 bridgehead atoms. The van der Waals surface area contributed by atoms with Crippen LogP contribution in [0.1, 0.15) is 24.0 Å². The molecule has 0 heterocycles. The molecular formula is C19H25O3P. The lowest BCUT2D eigenvalue weighted by molar-refractivity contribution is 0.178. The molecular weight excluding hydrogens is 307 g/mol. The van der Waals surface area contributed by atoms with Crippen molar-refractivity contribution in [2.45, 2.75) is 25.7 Å². The van der Waals surface area contributed by atoms with Gasteiger partial charge in [0.15, 0.2) is 0 Å². The van der Waals surface area contributed by atoms with Gasteiger partial charge in [0.05, 0.1) is 13.2 Å². The highest BCUT2D eigenvalue weighted by Gasteiger charge is 2.09. The van der Waals surface area contributed by atoms with Crippen LogP contribution in [-0.4, -0.2) is 20.3 Å². The summed E-state index contributed by atoms with van der Waals surface area (Å²) in [5, 5.41) is 0. The van der Waals surface area contributed by atoms with E-state index >= 15 is 0 Å². The largest absolute Gasteiger partial charge is 0.332 e. The summed E-state index contributed by atoms with van der Waals surface area (Å²) >= 11 is 0. The Bertz CT molecular complexity index is 471. The van der Waals surface area contributed by atoms with Gasteiger partial charge in [-0.15, -0.1) is 0 Å². The molecule has 0 fully saturated rings. The fraction of sp³-hybridized carbons (Fsp3) is 0.368. The van der Waals surface area contributed by atoms with Crippen molar-refractivity contribution in [3.05, 3.63) is 71.8 Å². The third kappa shape index (κ3) is 7.71. The van der Waals surface area contributed by atoms with E-state index in [0.717, 1.165) is 25.7 Å². The fourth-order valence-electron chi connectivity index (χ4n) is 2.26. The van der Waals surface area contributed by atoms with Gasteiger partial charge in [-0.3, -0.25) is 0 Å². The molecule has 2 rings (SSSR count). The van der Waals surface area contributed by atoms with Crippen LogP contribution in [0.5, 0.6) is 0 Å². The van der Waals surface area contributed by atoms with Crippen LogP contribution >= 0.6 is 8.60 Å². The van der Waals surface area contributed by atoms with E-state index in [-0.39, 0.29) is 0 Å². The first-order valence-corrected chi connectivity index (χ1v) is 9.16. The monoisotopic (exact) mass is 332 g/mol. The third-order valence-electron chi connectivity index (χ3n) is 3.45. The number of rotatable bonds is 11. The van der Waals surface area contributed by atoms with E-state index in [0.29, 0.717) is 13.2 Å². The summed E-state index contributed by atoms with van der Waals surface area (Å²) in [7, 11) is 0.420. The minimum absolute atomic E-state index is 0.660. The average molecular weight is 332 g/mol. The molecule has 0 aliphatic carbocycles. The van der Waals surface area contributed by atoms with E-state index in [1.807, 2.05) is 12.1 Å². The maximum atomic E-state index is 5.69. The van der Waals surface area contributed by atoms with Crippen molar-refractivity contribution in [1.29, 1.82) is 0 Å². The second-order valence-electron chi connectivity index (χ2n) is 5.25. The fourth-order valence-corrected chi connectivity index (χ4v) is 3.10. The molecule has 2 aromatic rings. The molecule has 0 spiro atoms. The zero-order chi connectivity index (χ0) is 16.2. The van der Waals surface area contributed by atoms with E-state index in [4.69, 9.17) is 13.6 Å². The molecule has 0 aliphatic heterocycles. The van der Waals surface area contributed by atoms with E-state index in [2.05, 4.69) is 48.5 Å². The van der Waals surface area contributed by atoms with Crippen molar-refractivity contribution in [1.82, 2.24) is 0 Å². The summed E-state index contributed by atoms with van der Waals surface area (Å²) in [6, 6.07) is 20.9. The van der Waals surface area contributed by atoms with Crippen LogP contribution in [0.2, 0.25) is 0 Å². The Labute approximate surface area is 140 Å². The van der Waals surface area contributed by atoms with Crippen LogP contribution in [0.4, 0.5) is 0 Å². The van der Waals surface area contributed by atoms with Gasteiger partial charge in [-0.1, -0.05) is 60.7 Å². The van der Waals surface area contributed by atoms with E-state index in [9.17, 15) is 0 Å². The number of benzene rings is 2. The summed E-state index contributed by atoms with van der Waals surface area (Å²) in [6.07, 6.45) is 3.97. The summed E-state index contributed by atoms with van der Waals surface area (Å²) < 4.78 is 16.6. The molecule has 0 N–H and O–H groups in total. The lowest BCUT2D eigenvalue weighted by atomic mass is 10.1. The van der Waals surface area contributed by atoms with Crippen LogP contribution in [0.3, 0.4) is 0 Å². The zero-order valence-electron chi connectivity index (χ0n) is 13.7. The molecule has 0 aliphatic rings. The van der Waals surface area contributed by atoms with Crippen molar-refractivity contribution < 1.29 is 13.6 Å². The first-order valence-electron chi connectivity index (χ1n) is 8.06. The minimum atomic E-state index is -1.22. The highest BCUT2D eigenvalue weighted by atomic mass is 31.2. The van der Waals surface area contributed by atoms with Gasteiger partial charge >= 0.3 is 8.60 Å². The van der Waals surface area contributed by atoms with Gasteiger partial charge in [-0.25, -0.2) is 0 Å². The molecule has 0 aromatic heterocycles. The van der Waals surface area contributed by atoms with Gasteiger partial charge in [0.1, 0.15) is 0 Å². The number of hydrogen-bond acceptors (Lipinski definition) is 3. The SMILES string of the molecule is COP(OCCCc1ccccc1)OCCCc1ccccc1. The molecule has 124 valence electrons. The maximum absolute atomic E-state index is 5.69. The van der Waals surface area contributed by atoms with Crippen molar-refractivity contribution >= 4 is 8.60 Å². The summed E-state index contributed by atoms with van der Waals surface area (Å²) in [6.45, 7) is 1.32. The van der Waals surface area contributed by atoms with Gasteiger partial charge < -0.3 is 13.6 Å². The van der Waals surface area contributed by atoms with Gasteiger partial charge in [0, 0.05) is 7.11 Å². The standard InChI is InChI=1S/C19H25O3P/c1-20-23(21-16-8-14-18-10-4-2-5-11-18)22-17-9-15-19-12-6-3-7-13-19/h2-7,10-13H,8-9,14-17H2,1H3. The van der Waals surface area contributed by atoms with Crippen molar-refractivity contribution in [3.8, 4) is 0 Å². The predicted octanol–water partition coefficient (Wildman–Crippen LogP) is 5.16. The van der Waals surface area contributed by atoms with Crippen LogP contribution in [-0.2, 0) is 26.4 Å². The molecule has 0 radical (unpaired) electrons. The molecule has 23 heavy (non-hydrogen) atoms. The summed E-state index contributed by atoms with van der Waals surface area (Å²) in [4.78, 5) is 0. The first kappa shape index (κ1) is 18.1. The molecule has 0 unspecified atom stereocenters. The first-order chi connectivity index (χ1) is 11.4. The van der Waals surface area contributed by atoms with Gasteiger partial charge in [-0.2, -0.15) is 0 Å². The van der Waals surface area contributed by atoms with E-state index in [1.54, 1.807) is 7.11 Å². The molecule has 0 saturated carbocycles. The van der Waals surface area contributed by atoms with Crippen molar-refractivity contribution in [2.75, 3.05) is 20.3 Å². The van der Waals surface area contributed by atoms with Gasteiger partial charge in [0.2, 0.25) is 0 Å². The predicted molar refractivity (Wildman–Crippen MR) is 95.4 cm³/mol. The quantitative estimate of drug-likeness (QED) is 0.420. The summed E-state index contributed by atoms with van der Waals surface area (Å²) in [5.41, 5.74) is 2.67. The Morgan fingerprint density at radius 3 is 1.52 bits per heavy atom. The molecule has 3 nitrogen and oxygen atoms in total. The molecule has 0 atom stereocenters. The minimum Gasteiger partial charge on any atom is -0.316 e. The van der Waals surface area contributed by atoms with Gasteiger partial charge in [0.25, 0.3) is 0 Å². The number of aryl methyl sites for hydroxylation is 2. The molecule has 0 saturated heterocycles.